The molecule has 4 aromatic rings. The lowest BCUT2D eigenvalue weighted by atomic mass is 9.65. The SMILES string of the molecule is [2H]c1c([2H])c([2H])c(C(C#N)(c2c([2H])c([2H])c([2H])c([2H])c2[2H])[C@@]2([2H])C([2H])([2H])NC([2H])([2H])C2([2H])[2H])c([2H])c1[2H].[2H]c1c([2H])c([2H])c(C(C(N)=O)(c2c([2H])c([2H])c([2H])c([2H])c2[2H])[C@@]2([2H])C([2H])([2H])NC([2H])([2H])C2([2H])[2H])c([2H])c1[2H]. The number of nitriles is 1. The minimum absolute atomic E-state index is 0.975. The van der Waals surface area contributed by atoms with Gasteiger partial charge in [-0.1, -0.05) is 121 Å². The Morgan fingerprint density at radius 2 is 1.10 bits per heavy atom. The number of benzene rings is 4. The molecule has 2 aliphatic rings. The van der Waals surface area contributed by atoms with Crippen molar-refractivity contribution in [3.8, 4) is 6.07 Å². The van der Waals surface area contributed by atoms with Crippen LogP contribution < -0.4 is 16.4 Å². The van der Waals surface area contributed by atoms with Gasteiger partial charge in [-0.25, -0.2) is 0 Å². The van der Waals surface area contributed by atoms with Gasteiger partial charge in [0.2, 0.25) is 5.91 Å². The van der Waals surface area contributed by atoms with Crippen LogP contribution in [0.3, 0.4) is 0 Å². The Morgan fingerprint density at radius 3 is 1.41 bits per heavy atom. The third kappa shape index (κ3) is 5.41. The summed E-state index contributed by atoms with van der Waals surface area (Å²) < 4.78 is 282. The predicted octanol–water partition coefficient (Wildman–Crippen LogP) is 5.17. The maximum Gasteiger partial charge on any atom is 0.232 e. The van der Waals surface area contributed by atoms with Gasteiger partial charge in [0.15, 0.2) is 0 Å². The standard InChI is InChI=1S/C18H20N2O.C18H18N2/c19-17(21)18(16-11-12-20-13-16,14-7-3-1-4-8-14)15-9-5-2-6-10-15;19-14-18(17-11-12-20-13-17,15-7-3-1-4-8-15)16-9-5-2-6-10-16/h1-10,16,20H,11-13H2,(H2,19,21);1-10,17,20H,11-13H2/t16-;17-/m11/s1/i1D,2D,3D,4D,5D,6D,7D,8D,9D,10D,11D2,12D2,13D2,16D;1D,2D,3D,4D,5D,6D,7D,8D,9D,10D,11D2,12D2,13D2,17D. The van der Waals surface area contributed by atoms with E-state index >= 15 is 0 Å². The summed E-state index contributed by atoms with van der Waals surface area (Å²) in [6.07, 6.45) is -7.64. The number of hydrogen-bond donors (Lipinski definition) is 3. The zero-order valence-electron chi connectivity index (χ0n) is 54.4. The van der Waals surface area contributed by atoms with Crippen molar-refractivity contribution in [2.75, 3.05) is 26.0 Å². The second-order valence-electron chi connectivity index (χ2n) is 7.73. The molecule has 41 heavy (non-hydrogen) atoms. The summed E-state index contributed by atoms with van der Waals surface area (Å²) in [6, 6.07) is -21.8. The number of nitrogens with two attached hydrogens (primary N) is 1. The number of nitrogens with one attached hydrogen (secondary N) is 2. The normalized spacial score (nSPS) is 41.4. The number of carbonyl (C=O) groups excluding carboxylic acids is 1. The van der Waals surface area contributed by atoms with Crippen LogP contribution in [0.25, 0.3) is 0 Å². The van der Waals surface area contributed by atoms with Crippen molar-refractivity contribution < 1.29 is 51.4 Å². The largest absolute Gasteiger partial charge is 0.369 e. The molecule has 5 nitrogen and oxygen atoms in total. The van der Waals surface area contributed by atoms with Gasteiger partial charge in [0.1, 0.15) is 10.8 Å². The Bertz CT molecular complexity index is 2930. The van der Waals surface area contributed by atoms with E-state index in [1.165, 1.54) is 6.07 Å². The van der Waals surface area contributed by atoms with E-state index in [4.69, 9.17) is 51.0 Å². The molecule has 4 N–H and O–H groups in total. The van der Waals surface area contributed by atoms with E-state index in [9.17, 15) is 11.4 Å². The van der Waals surface area contributed by atoms with E-state index in [0.717, 1.165) is 0 Å². The second-order valence-corrected chi connectivity index (χ2v) is 7.73. The molecule has 4 aromatic carbocycles. The maximum atomic E-state index is 13.6. The number of amides is 1. The van der Waals surface area contributed by atoms with Crippen molar-refractivity contribution in [1.82, 2.24) is 10.6 Å². The first kappa shape index (κ1) is 8.41. The van der Waals surface area contributed by atoms with Crippen molar-refractivity contribution in [1.29, 1.82) is 5.26 Å². The summed E-state index contributed by atoms with van der Waals surface area (Å²) in [5.41, 5.74) is -6.96. The number of nitrogens with zero attached hydrogens (tertiary/aromatic N) is 1. The summed E-state index contributed by atoms with van der Waals surface area (Å²) >= 11 is 0. The van der Waals surface area contributed by atoms with Crippen molar-refractivity contribution in [3.05, 3.63) is 143 Å². The van der Waals surface area contributed by atoms with Gasteiger partial charge in [-0.15, -0.1) is 0 Å². The highest BCUT2D eigenvalue weighted by atomic mass is 16.1. The molecule has 0 spiro atoms. The number of rotatable bonds is 7. The number of carbonyl (C=O) groups is 1. The molecule has 0 aromatic heterocycles. The Kier molecular flexibility index (Phi) is 2.66. The van der Waals surface area contributed by atoms with Crippen LogP contribution >= 0.6 is 0 Å². The van der Waals surface area contributed by atoms with Gasteiger partial charge in [0, 0.05) is 25.7 Å². The average molecular weight is 577 g/mol. The molecule has 1 amide bonds. The van der Waals surface area contributed by atoms with E-state index in [1.54, 1.807) is 10.6 Å². The highest BCUT2D eigenvalue weighted by Crippen LogP contribution is 2.43. The minimum Gasteiger partial charge on any atom is -0.369 e. The van der Waals surface area contributed by atoms with Gasteiger partial charge in [-0.2, -0.15) is 5.26 Å². The lowest BCUT2D eigenvalue weighted by molar-refractivity contribution is -0.123. The fraction of sp³-hybridized carbons (Fsp3) is 0.278. The van der Waals surface area contributed by atoms with Crippen LogP contribution in [0.1, 0.15) is 81.6 Å². The highest BCUT2D eigenvalue weighted by molar-refractivity contribution is 5.91. The van der Waals surface area contributed by atoms with Crippen molar-refractivity contribution >= 4 is 5.91 Å². The molecular formula is C36H38N4O. The van der Waals surface area contributed by atoms with E-state index in [1.807, 2.05) is 0 Å². The first-order valence-corrected chi connectivity index (χ1v) is 11.2. The summed E-state index contributed by atoms with van der Waals surface area (Å²) in [7, 11) is 0. The second kappa shape index (κ2) is 13.0. The van der Waals surface area contributed by atoms with Crippen LogP contribution in [0.2, 0.25) is 0 Å². The van der Waals surface area contributed by atoms with E-state index in [0.29, 0.717) is 0 Å². The molecule has 5 heteroatoms. The fourth-order valence-electron chi connectivity index (χ4n) is 3.85. The lowest BCUT2D eigenvalue weighted by Gasteiger charge is -2.37. The molecule has 0 unspecified atom stereocenters. The van der Waals surface area contributed by atoms with Gasteiger partial charge in [-0.05, 0) is 66.3 Å². The number of primary amides is 1. The summed E-state index contributed by atoms with van der Waals surface area (Å²) in [5.74, 6) is -9.88. The van der Waals surface area contributed by atoms with Crippen LogP contribution in [-0.4, -0.2) is 31.9 Å². The van der Waals surface area contributed by atoms with Gasteiger partial charge in [0.25, 0.3) is 0 Å². The lowest BCUT2D eigenvalue weighted by Crippen LogP contribution is -2.49. The van der Waals surface area contributed by atoms with Crippen LogP contribution in [0, 0.1) is 23.1 Å². The Balaban J connectivity index is 0.000000277. The van der Waals surface area contributed by atoms with Gasteiger partial charge in [0.05, 0.1) is 33.5 Å². The monoisotopic (exact) mass is 577 g/mol. The topological polar surface area (TPSA) is 90.9 Å². The third-order valence-corrected chi connectivity index (χ3v) is 5.66. The average Bonchev–Trinajstić information content (AvgIpc) is 3.48. The van der Waals surface area contributed by atoms with Gasteiger partial charge in [-0.3, -0.25) is 4.79 Å². The molecule has 2 saturated heterocycles. The van der Waals surface area contributed by atoms with Gasteiger partial charge >= 0.3 is 0 Å². The zero-order valence-corrected chi connectivity index (χ0v) is 20.4. The van der Waals surface area contributed by atoms with Crippen LogP contribution in [0.15, 0.2) is 121 Å². The Morgan fingerprint density at radius 1 is 0.732 bits per heavy atom. The zero-order chi connectivity index (χ0) is 58.6. The van der Waals surface area contributed by atoms with Gasteiger partial charge < -0.3 is 16.4 Å². The molecular weight excluding hydrogens is 504 g/mol. The first-order chi connectivity index (χ1) is 33.6. The minimum atomic E-state index is -4.00. The van der Waals surface area contributed by atoms with Crippen LogP contribution in [-0.2, 0) is 15.6 Å². The van der Waals surface area contributed by atoms with Crippen LogP contribution in [0.4, 0.5) is 0 Å². The predicted molar refractivity (Wildman–Crippen MR) is 164 cm³/mol. The molecule has 0 radical (unpaired) electrons. The van der Waals surface area contributed by atoms with E-state index in [-0.39, 0.29) is 0 Å². The summed E-state index contributed by atoms with van der Waals surface area (Å²) in [4.78, 5) is 13.6. The first-order valence-electron chi connectivity index (χ1n) is 28.2. The molecule has 0 bridgehead atoms. The highest BCUT2D eigenvalue weighted by Gasteiger charge is 2.48. The smallest absolute Gasteiger partial charge is 0.232 e. The molecule has 2 aliphatic heterocycles. The molecule has 208 valence electrons. The number of hydrogen-bond acceptors (Lipinski definition) is 4. The van der Waals surface area contributed by atoms with E-state index < -0.39 is 210 Å². The van der Waals surface area contributed by atoms with E-state index in [2.05, 4.69) is 0 Å². The summed E-state index contributed by atoms with van der Waals surface area (Å²) in [6.45, 7) is -14.2. The van der Waals surface area contributed by atoms with Crippen LogP contribution in [0.5, 0.6) is 0 Å². The fourth-order valence-corrected chi connectivity index (χ4v) is 3.85. The Hall–Kier alpha value is -4.24. The quantitative estimate of drug-likeness (QED) is 0.283. The summed E-state index contributed by atoms with van der Waals surface area (Å²) in [5, 5.41) is 13.9. The molecule has 2 fully saturated rings. The molecule has 0 aliphatic carbocycles. The van der Waals surface area contributed by atoms with Crippen molar-refractivity contribution in [2.24, 2.45) is 17.5 Å². The maximum absolute atomic E-state index is 13.6. The Labute approximate surface area is 291 Å². The molecule has 0 saturated carbocycles. The van der Waals surface area contributed by atoms with Crippen molar-refractivity contribution in [2.45, 2.75) is 23.6 Å². The third-order valence-electron chi connectivity index (χ3n) is 5.66. The molecule has 2 atom stereocenters. The van der Waals surface area contributed by atoms with Crippen molar-refractivity contribution in [3.63, 3.8) is 0 Å². The molecule has 6 rings (SSSR count). The molecule has 2 heterocycles.